The largest absolute Gasteiger partial charge is 0.492 e. The third kappa shape index (κ3) is 5.98. The van der Waals surface area contributed by atoms with Crippen LogP contribution in [0.5, 0.6) is 5.75 Å². The minimum atomic E-state index is -4.83. The Bertz CT molecular complexity index is 1300. The fourth-order valence-electron chi connectivity index (χ4n) is 6.16. The fraction of sp³-hybridized carbons (Fsp3) is 0.536. The van der Waals surface area contributed by atoms with Crippen LogP contribution in [0, 0.1) is 0 Å². The van der Waals surface area contributed by atoms with Crippen LogP contribution >= 0.6 is 0 Å². The Kier molecular flexibility index (Phi) is 7.23. The number of hydrogen-bond acceptors (Lipinski definition) is 6. The van der Waals surface area contributed by atoms with Crippen molar-refractivity contribution >= 4 is 11.8 Å². The van der Waals surface area contributed by atoms with Gasteiger partial charge in [0.15, 0.2) is 0 Å². The summed E-state index contributed by atoms with van der Waals surface area (Å²) in [6, 6.07) is 4.98. The summed E-state index contributed by atoms with van der Waals surface area (Å²) in [4.78, 5) is 13.5. The lowest BCUT2D eigenvalue weighted by atomic mass is 9.76. The molecule has 1 saturated carbocycles. The number of fused-ring (bicyclic) bond motifs is 1. The fourth-order valence-corrected chi connectivity index (χ4v) is 6.16. The number of anilines is 1. The summed E-state index contributed by atoms with van der Waals surface area (Å²) in [6.07, 6.45) is -9.80. The molecule has 0 radical (unpaired) electrons. The van der Waals surface area contributed by atoms with E-state index in [4.69, 9.17) is 9.47 Å². The van der Waals surface area contributed by atoms with Crippen LogP contribution in [0.15, 0.2) is 36.4 Å². The highest BCUT2D eigenvalue weighted by atomic mass is 19.4. The molecular formula is C28H30F6N2O5. The molecule has 13 heteroatoms. The van der Waals surface area contributed by atoms with Crippen molar-refractivity contribution in [3.05, 3.63) is 58.7 Å². The number of aliphatic hydroxyl groups is 2. The number of hydrogen-bond donors (Lipinski definition) is 3. The number of ether oxygens (including phenoxy) is 2. The second-order valence-electron chi connectivity index (χ2n) is 11.6. The van der Waals surface area contributed by atoms with E-state index < -0.39 is 52.9 Å². The minimum absolute atomic E-state index is 0.0484. The van der Waals surface area contributed by atoms with Crippen molar-refractivity contribution in [2.24, 2.45) is 0 Å². The molecule has 2 aliphatic heterocycles. The SMILES string of the molecule is C[C@H]1C[C@@](O)(c2ccc(C(F)(F)F)cc2)C[C@@H](COc2cc3c(c(C(F)(F)F)c2)N(C2CC(C)(O)C2)C(=O)OC3)N1. The van der Waals surface area contributed by atoms with Crippen molar-refractivity contribution < 1.29 is 50.8 Å². The average Bonchev–Trinajstić information content (AvgIpc) is 2.84. The Morgan fingerprint density at radius 2 is 1.68 bits per heavy atom. The van der Waals surface area contributed by atoms with E-state index in [-0.39, 0.29) is 61.9 Å². The Morgan fingerprint density at radius 3 is 2.27 bits per heavy atom. The van der Waals surface area contributed by atoms with Gasteiger partial charge in [-0.05, 0) is 69.4 Å². The van der Waals surface area contributed by atoms with Gasteiger partial charge in [0.05, 0.1) is 28.0 Å². The number of cyclic esters (lactones) is 1. The summed E-state index contributed by atoms with van der Waals surface area (Å²) in [5, 5.41) is 24.7. The summed E-state index contributed by atoms with van der Waals surface area (Å²) >= 11 is 0. The van der Waals surface area contributed by atoms with Gasteiger partial charge in [0.1, 0.15) is 19.0 Å². The predicted molar refractivity (Wildman–Crippen MR) is 134 cm³/mol. The summed E-state index contributed by atoms with van der Waals surface area (Å²) in [6.45, 7) is 2.79. The Labute approximate surface area is 232 Å². The molecule has 1 amide bonds. The first-order valence-electron chi connectivity index (χ1n) is 13.2. The van der Waals surface area contributed by atoms with Crippen LogP contribution < -0.4 is 15.0 Å². The van der Waals surface area contributed by atoms with Gasteiger partial charge in [-0.1, -0.05) is 12.1 Å². The van der Waals surface area contributed by atoms with Crippen LogP contribution in [0.1, 0.15) is 61.8 Å². The highest BCUT2D eigenvalue weighted by molar-refractivity contribution is 5.93. The molecule has 1 saturated heterocycles. The van der Waals surface area contributed by atoms with Crippen molar-refractivity contribution in [1.29, 1.82) is 0 Å². The first-order chi connectivity index (χ1) is 19.0. The third-order valence-corrected chi connectivity index (χ3v) is 7.92. The maximum atomic E-state index is 14.2. The first kappa shape index (κ1) is 29.5. The predicted octanol–water partition coefficient (Wildman–Crippen LogP) is 5.50. The van der Waals surface area contributed by atoms with Gasteiger partial charge in [-0.3, -0.25) is 4.90 Å². The molecule has 0 bridgehead atoms. The highest BCUT2D eigenvalue weighted by Crippen LogP contribution is 2.48. The van der Waals surface area contributed by atoms with E-state index in [2.05, 4.69) is 5.32 Å². The van der Waals surface area contributed by atoms with Crippen LogP contribution in [0.4, 0.5) is 36.8 Å². The lowest BCUT2D eigenvalue weighted by molar-refractivity contribution is -0.138. The van der Waals surface area contributed by atoms with E-state index in [0.717, 1.165) is 23.1 Å². The van der Waals surface area contributed by atoms with Gasteiger partial charge in [-0.25, -0.2) is 4.79 Å². The van der Waals surface area contributed by atoms with Crippen LogP contribution in [-0.2, 0) is 29.3 Å². The van der Waals surface area contributed by atoms with Gasteiger partial charge in [0, 0.05) is 23.7 Å². The molecule has 2 heterocycles. The molecular weight excluding hydrogens is 558 g/mol. The summed E-state index contributed by atoms with van der Waals surface area (Å²) < 4.78 is 92.6. The molecule has 5 rings (SSSR count). The standard InChI is InChI=1S/C28H30F6N2O5/c1-15-9-26(39,17-3-5-18(6-4-17)27(29,30)31)10-19(35-15)14-40-21-7-16-13-41-24(37)36(20-11-25(2,38)12-20)23(16)22(8-21)28(32,33)34/h3-8,15,19-20,35,38-39H,9-14H2,1-2H3/t15-,19-,20?,25?,26-/m0/s1. The quantitative estimate of drug-likeness (QED) is 0.400. The second-order valence-corrected chi connectivity index (χ2v) is 11.6. The topological polar surface area (TPSA) is 91.3 Å². The zero-order valence-electron chi connectivity index (χ0n) is 22.3. The Hall–Kier alpha value is -3.03. The monoisotopic (exact) mass is 588 g/mol. The molecule has 7 nitrogen and oxygen atoms in total. The lowest BCUT2D eigenvalue weighted by Gasteiger charge is -2.48. The summed E-state index contributed by atoms with van der Waals surface area (Å²) in [5.74, 6) is -0.118. The molecule has 0 unspecified atom stereocenters. The van der Waals surface area contributed by atoms with Gasteiger partial charge >= 0.3 is 18.4 Å². The van der Waals surface area contributed by atoms with E-state index in [1.165, 1.54) is 18.2 Å². The number of nitrogens with zero attached hydrogens (tertiary/aromatic N) is 1. The molecule has 41 heavy (non-hydrogen) atoms. The number of halogens is 6. The lowest BCUT2D eigenvalue weighted by Crippen LogP contribution is -2.57. The normalized spacial score (nSPS) is 30.3. The molecule has 2 aromatic carbocycles. The average molecular weight is 589 g/mol. The molecule has 0 spiro atoms. The van der Waals surface area contributed by atoms with Crippen molar-refractivity contribution in [3.63, 3.8) is 0 Å². The van der Waals surface area contributed by atoms with E-state index in [1.807, 2.05) is 0 Å². The molecule has 3 aliphatic rings. The van der Waals surface area contributed by atoms with E-state index in [9.17, 15) is 41.4 Å². The van der Waals surface area contributed by atoms with Crippen LogP contribution in [0.3, 0.4) is 0 Å². The number of alkyl halides is 6. The number of benzene rings is 2. The Morgan fingerprint density at radius 1 is 1.02 bits per heavy atom. The number of piperidine rings is 1. The van der Waals surface area contributed by atoms with E-state index >= 15 is 0 Å². The molecule has 1 aliphatic carbocycles. The van der Waals surface area contributed by atoms with Gasteiger partial charge in [-0.15, -0.1) is 0 Å². The van der Waals surface area contributed by atoms with Crippen LogP contribution in [0.25, 0.3) is 0 Å². The number of nitrogens with one attached hydrogen (secondary N) is 1. The zero-order valence-corrected chi connectivity index (χ0v) is 22.3. The number of carbonyl (C=O) groups excluding carboxylic acids is 1. The van der Waals surface area contributed by atoms with Crippen molar-refractivity contribution in [1.82, 2.24) is 5.32 Å². The van der Waals surface area contributed by atoms with Crippen LogP contribution in [-0.4, -0.2) is 46.6 Å². The zero-order chi connectivity index (χ0) is 30.0. The van der Waals surface area contributed by atoms with Crippen molar-refractivity contribution in [2.45, 2.75) is 87.8 Å². The van der Waals surface area contributed by atoms with Crippen molar-refractivity contribution in [2.75, 3.05) is 11.5 Å². The highest BCUT2D eigenvalue weighted by Gasteiger charge is 2.49. The molecule has 2 aromatic rings. The maximum Gasteiger partial charge on any atom is 0.418 e. The van der Waals surface area contributed by atoms with E-state index in [0.29, 0.717) is 5.56 Å². The number of amides is 1. The maximum absolute atomic E-state index is 14.2. The molecule has 0 aromatic heterocycles. The van der Waals surface area contributed by atoms with Gasteiger partial charge in [-0.2, -0.15) is 26.3 Å². The van der Waals surface area contributed by atoms with Crippen LogP contribution in [0.2, 0.25) is 0 Å². The smallest absolute Gasteiger partial charge is 0.418 e. The third-order valence-electron chi connectivity index (χ3n) is 7.92. The summed E-state index contributed by atoms with van der Waals surface area (Å²) in [7, 11) is 0. The molecule has 224 valence electrons. The molecule has 3 atom stereocenters. The Balaban J connectivity index is 1.36. The molecule has 3 N–H and O–H groups in total. The van der Waals surface area contributed by atoms with Gasteiger partial charge < -0.3 is 25.0 Å². The number of carbonyl (C=O) groups is 1. The van der Waals surface area contributed by atoms with E-state index in [1.54, 1.807) is 13.8 Å². The van der Waals surface area contributed by atoms with Gasteiger partial charge in [0.25, 0.3) is 0 Å². The summed E-state index contributed by atoms with van der Waals surface area (Å²) in [5.41, 5.74) is -4.39. The van der Waals surface area contributed by atoms with Crippen molar-refractivity contribution in [3.8, 4) is 5.75 Å². The first-order valence-corrected chi connectivity index (χ1v) is 13.2. The number of rotatable bonds is 5. The minimum Gasteiger partial charge on any atom is -0.492 e. The van der Waals surface area contributed by atoms with Gasteiger partial charge in [0.2, 0.25) is 0 Å². The molecule has 2 fully saturated rings. The second kappa shape index (κ2) is 10.1.